The van der Waals surface area contributed by atoms with Crippen LogP contribution in [-0.4, -0.2) is 96.7 Å². The Bertz CT molecular complexity index is 1910. The van der Waals surface area contributed by atoms with Crippen molar-refractivity contribution in [2.24, 2.45) is 17.8 Å². The van der Waals surface area contributed by atoms with E-state index in [9.17, 15) is 43.2 Å². The SMILES string of the molecule is CCCCCC/C=C\C=C/CCCCCCCC(=O)O[C@H](COC(=O)CCCCCCCCCC(C)C)COP(=O)(O)OCC(O)COP(=O)(O)OC[C@@H](COC(=O)CCCCCCCCCCCCCC(C)C)OC(=O)CCCCCCCCCCCCC(C)CC. The van der Waals surface area contributed by atoms with Gasteiger partial charge in [-0.15, -0.1) is 0 Å². The predicted octanol–water partition coefficient (Wildman–Crippen LogP) is 21.0. The fraction of sp³-hybridized carbons (Fsp3) is 0.892. The van der Waals surface area contributed by atoms with Crippen LogP contribution in [0.5, 0.6) is 0 Å². The molecule has 93 heavy (non-hydrogen) atoms. The monoisotopic (exact) mass is 1360 g/mol. The number of aliphatic hydroxyl groups excluding tert-OH is 1. The van der Waals surface area contributed by atoms with Crippen molar-refractivity contribution in [3.8, 4) is 0 Å². The zero-order valence-electron chi connectivity index (χ0n) is 60.2. The van der Waals surface area contributed by atoms with Gasteiger partial charge in [0.15, 0.2) is 12.2 Å². The van der Waals surface area contributed by atoms with Crippen molar-refractivity contribution < 1.29 is 80.2 Å². The number of aliphatic hydroxyl groups is 1. The minimum Gasteiger partial charge on any atom is -0.462 e. The predicted molar refractivity (Wildman–Crippen MR) is 377 cm³/mol. The summed E-state index contributed by atoms with van der Waals surface area (Å²) in [5.41, 5.74) is 0. The molecule has 19 heteroatoms. The van der Waals surface area contributed by atoms with Crippen LogP contribution in [0.4, 0.5) is 0 Å². The average Bonchev–Trinajstić information content (AvgIpc) is 3.21. The maximum absolute atomic E-state index is 13.1. The van der Waals surface area contributed by atoms with Crippen molar-refractivity contribution in [3.05, 3.63) is 24.3 Å². The molecule has 0 aliphatic heterocycles. The first-order valence-electron chi connectivity index (χ1n) is 37.7. The minimum atomic E-state index is -4.96. The molecule has 3 N–H and O–H groups in total. The van der Waals surface area contributed by atoms with E-state index in [1.807, 2.05) is 0 Å². The molecule has 0 aromatic rings. The number of phosphoric acid groups is 2. The Balaban J connectivity index is 5.30. The zero-order chi connectivity index (χ0) is 68.7. The summed E-state index contributed by atoms with van der Waals surface area (Å²) in [6, 6.07) is 0. The number of ether oxygens (including phenoxy) is 4. The summed E-state index contributed by atoms with van der Waals surface area (Å²) in [5, 5.41) is 10.6. The topological polar surface area (TPSA) is 237 Å². The number of rotatable bonds is 70. The van der Waals surface area contributed by atoms with E-state index < -0.39 is 97.5 Å². The van der Waals surface area contributed by atoms with Crippen LogP contribution in [0.1, 0.15) is 350 Å². The van der Waals surface area contributed by atoms with E-state index in [1.54, 1.807) is 0 Å². The molecule has 0 aromatic carbocycles. The van der Waals surface area contributed by atoms with E-state index in [4.69, 9.17) is 37.0 Å². The fourth-order valence-electron chi connectivity index (χ4n) is 10.7. The zero-order valence-corrected chi connectivity index (χ0v) is 62.0. The number of hydrogen-bond donors (Lipinski definition) is 3. The molecular weight excluding hydrogens is 1220 g/mol. The summed E-state index contributed by atoms with van der Waals surface area (Å²) in [6.07, 6.45) is 52.1. The molecule has 0 heterocycles. The van der Waals surface area contributed by atoms with Gasteiger partial charge < -0.3 is 33.8 Å². The number of phosphoric ester groups is 2. The third kappa shape index (κ3) is 66.6. The summed E-state index contributed by atoms with van der Waals surface area (Å²) >= 11 is 0. The van der Waals surface area contributed by atoms with Crippen molar-refractivity contribution in [2.45, 2.75) is 369 Å². The molecule has 0 rings (SSSR count). The van der Waals surface area contributed by atoms with Crippen LogP contribution >= 0.6 is 15.6 Å². The number of carbonyl (C=O) groups excluding carboxylic acids is 4. The van der Waals surface area contributed by atoms with E-state index in [0.717, 1.165) is 121 Å². The molecule has 0 radical (unpaired) electrons. The summed E-state index contributed by atoms with van der Waals surface area (Å²) < 4.78 is 68.4. The number of allylic oxidation sites excluding steroid dienone is 4. The van der Waals surface area contributed by atoms with Gasteiger partial charge in [-0.2, -0.15) is 0 Å². The maximum Gasteiger partial charge on any atom is 0.472 e. The maximum atomic E-state index is 13.1. The molecule has 6 atom stereocenters. The van der Waals surface area contributed by atoms with Crippen LogP contribution in [-0.2, 0) is 65.4 Å². The highest BCUT2D eigenvalue weighted by Gasteiger charge is 2.30. The Hall–Kier alpha value is -2.46. The number of hydrogen-bond acceptors (Lipinski definition) is 15. The molecule has 0 aliphatic carbocycles. The normalized spacial score (nSPS) is 14.6. The van der Waals surface area contributed by atoms with Crippen LogP contribution in [0.25, 0.3) is 0 Å². The third-order valence-electron chi connectivity index (χ3n) is 16.9. The molecule has 0 aliphatic rings. The molecule has 17 nitrogen and oxygen atoms in total. The van der Waals surface area contributed by atoms with Gasteiger partial charge >= 0.3 is 39.5 Å². The lowest BCUT2D eigenvalue weighted by Gasteiger charge is -2.21. The van der Waals surface area contributed by atoms with E-state index in [0.29, 0.717) is 31.6 Å². The molecular formula is C74H140O17P2. The molecule has 0 saturated carbocycles. The van der Waals surface area contributed by atoms with Crippen molar-refractivity contribution in [1.82, 2.24) is 0 Å². The van der Waals surface area contributed by atoms with Crippen molar-refractivity contribution in [1.29, 1.82) is 0 Å². The van der Waals surface area contributed by atoms with Crippen LogP contribution in [0.2, 0.25) is 0 Å². The highest BCUT2D eigenvalue weighted by molar-refractivity contribution is 7.47. The van der Waals surface area contributed by atoms with Gasteiger partial charge in [0.2, 0.25) is 0 Å². The number of carbonyl (C=O) groups is 4. The van der Waals surface area contributed by atoms with Gasteiger partial charge in [0.1, 0.15) is 19.3 Å². The van der Waals surface area contributed by atoms with Gasteiger partial charge in [0, 0.05) is 25.7 Å². The highest BCUT2D eigenvalue weighted by Crippen LogP contribution is 2.45. The van der Waals surface area contributed by atoms with E-state index >= 15 is 0 Å². The van der Waals surface area contributed by atoms with Crippen molar-refractivity contribution >= 4 is 39.5 Å². The summed E-state index contributed by atoms with van der Waals surface area (Å²) in [6.45, 7) is 11.8. The Morgan fingerprint density at radius 3 is 0.957 bits per heavy atom. The standard InChI is InChI=1S/C74H140O17P2/c1-8-10-11-12-13-14-15-16-17-18-21-28-35-43-50-57-73(78)91-70(62-85-72(77)56-49-42-37-30-32-39-46-53-66(5)6)64-89-93(82,83)87-60-68(75)59-86-92(80,81)88-63-69(90-74(79)58-51-44-36-29-24-23-26-33-40-47-54-67(7)9-2)61-84-71(76)55-48-41-34-27-22-19-20-25-31-38-45-52-65(3)4/h14-17,65-70,75H,8-13,18-64H2,1-7H3,(H,80,81)(H,82,83)/b15-14-,17-16-/t67?,68?,69-,70-/m1/s1. The van der Waals surface area contributed by atoms with Crippen LogP contribution in [0, 0.1) is 17.8 Å². The Kier molecular flexibility index (Phi) is 62.5. The van der Waals surface area contributed by atoms with Gasteiger partial charge in [-0.3, -0.25) is 37.3 Å². The van der Waals surface area contributed by atoms with Crippen LogP contribution in [0.15, 0.2) is 24.3 Å². The molecule has 4 unspecified atom stereocenters. The summed E-state index contributed by atoms with van der Waals surface area (Å²) in [4.78, 5) is 72.7. The van der Waals surface area contributed by atoms with Gasteiger partial charge in [0.05, 0.1) is 26.4 Å². The van der Waals surface area contributed by atoms with Crippen molar-refractivity contribution in [3.63, 3.8) is 0 Å². The first kappa shape index (κ1) is 90.5. The summed E-state index contributed by atoms with van der Waals surface area (Å²) in [7, 11) is -9.92. The highest BCUT2D eigenvalue weighted by atomic mass is 31.2. The second kappa shape index (κ2) is 64.2. The summed E-state index contributed by atoms with van der Waals surface area (Å²) in [5.74, 6) is 0.121. The van der Waals surface area contributed by atoms with E-state index in [-0.39, 0.29) is 25.7 Å². The van der Waals surface area contributed by atoms with E-state index in [2.05, 4.69) is 72.8 Å². The smallest absolute Gasteiger partial charge is 0.462 e. The molecule has 0 spiro atoms. The molecule has 0 bridgehead atoms. The molecule has 0 fully saturated rings. The van der Waals surface area contributed by atoms with E-state index in [1.165, 1.54) is 141 Å². The lowest BCUT2D eigenvalue weighted by Crippen LogP contribution is -2.30. The first-order valence-corrected chi connectivity index (χ1v) is 40.7. The number of unbranched alkanes of at least 4 members (excludes halogenated alkanes) is 34. The third-order valence-corrected chi connectivity index (χ3v) is 18.8. The molecule has 548 valence electrons. The lowest BCUT2D eigenvalue weighted by atomic mass is 9.99. The quantitative estimate of drug-likeness (QED) is 0.0169. The average molecular weight is 1360 g/mol. The molecule has 0 amide bonds. The number of esters is 4. The van der Waals surface area contributed by atoms with Gasteiger partial charge in [-0.25, -0.2) is 9.13 Å². The Morgan fingerprint density at radius 1 is 0.355 bits per heavy atom. The first-order chi connectivity index (χ1) is 44.8. The lowest BCUT2D eigenvalue weighted by molar-refractivity contribution is -0.161. The fourth-order valence-corrected chi connectivity index (χ4v) is 12.3. The van der Waals surface area contributed by atoms with Crippen LogP contribution in [0.3, 0.4) is 0 Å². The molecule has 0 saturated heterocycles. The second-order valence-electron chi connectivity index (χ2n) is 27.2. The Labute approximate surface area is 567 Å². The van der Waals surface area contributed by atoms with Gasteiger partial charge in [-0.05, 0) is 69.1 Å². The molecule has 0 aromatic heterocycles. The Morgan fingerprint density at radius 2 is 0.634 bits per heavy atom. The second-order valence-corrected chi connectivity index (χ2v) is 30.1. The van der Waals surface area contributed by atoms with Gasteiger partial charge in [-0.1, -0.05) is 297 Å². The van der Waals surface area contributed by atoms with Crippen molar-refractivity contribution in [2.75, 3.05) is 39.6 Å². The largest absolute Gasteiger partial charge is 0.472 e. The minimum absolute atomic E-state index is 0.0839. The van der Waals surface area contributed by atoms with Crippen LogP contribution < -0.4 is 0 Å². The van der Waals surface area contributed by atoms with Gasteiger partial charge in [0.25, 0.3) is 0 Å².